The molecule has 0 saturated carbocycles. The minimum Gasteiger partial charge on any atom is -0.505 e. The fraction of sp³-hybridized carbons (Fsp3) is 0.417. The number of phenols is 1. The molecule has 0 aliphatic carbocycles. The van der Waals surface area contributed by atoms with Gasteiger partial charge < -0.3 is 14.9 Å². The molecule has 0 bridgehead atoms. The topological polar surface area (TPSA) is 66.8 Å². The Morgan fingerprint density at radius 3 is 2.53 bits per heavy atom. The Balaban J connectivity index is 3.31. The molecule has 0 unspecified atom stereocenters. The Morgan fingerprint density at radius 1 is 1.47 bits per heavy atom. The second-order valence-corrected chi connectivity index (χ2v) is 4.43. The predicted molar refractivity (Wildman–Crippen MR) is 59.9 cm³/mol. The first-order valence-corrected chi connectivity index (χ1v) is 5.07. The maximum absolute atomic E-state index is 13.6. The Labute approximate surface area is 98.7 Å². The SMILES string of the molecule is COc1c(C(C)(C)CC(=O)O)ccc(O)c1F. The van der Waals surface area contributed by atoms with Crippen molar-refractivity contribution in [1.82, 2.24) is 0 Å². The van der Waals surface area contributed by atoms with Crippen LogP contribution in [-0.2, 0) is 10.2 Å². The fourth-order valence-electron chi connectivity index (χ4n) is 1.75. The highest BCUT2D eigenvalue weighted by molar-refractivity contribution is 5.69. The number of aromatic hydroxyl groups is 1. The van der Waals surface area contributed by atoms with E-state index in [-0.39, 0.29) is 12.2 Å². The smallest absolute Gasteiger partial charge is 0.304 e. The molecular formula is C12H15FO4. The third-order valence-electron chi connectivity index (χ3n) is 2.60. The zero-order chi connectivity index (χ0) is 13.2. The first-order valence-electron chi connectivity index (χ1n) is 5.07. The molecule has 0 heterocycles. The molecule has 94 valence electrons. The van der Waals surface area contributed by atoms with Crippen LogP contribution in [0, 0.1) is 5.82 Å². The molecule has 1 aromatic carbocycles. The van der Waals surface area contributed by atoms with Crippen LogP contribution in [0.25, 0.3) is 0 Å². The summed E-state index contributed by atoms with van der Waals surface area (Å²) in [6.45, 7) is 3.35. The molecule has 0 aromatic heterocycles. The van der Waals surface area contributed by atoms with Gasteiger partial charge >= 0.3 is 5.97 Å². The number of halogens is 1. The molecule has 2 N–H and O–H groups in total. The van der Waals surface area contributed by atoms with Gasteiger partial charge in [0, 0.05) is 11.0 Å². The van der Waals surface area contributed by atoms with Crippen LogP contribution >= 0.6 is 0 Å². The van der Waals surface area contributed by atoms with Crippen molar-refractivity contribution in [3.63, 3.8) is 0 Å². The average Bonchev–Trinajstić information content (AvgIpc) is 2.19. The van der Waals surface area contributed by atoms with Crippen molar-refractivity contribution >= 4 is 5.97 Å². The lowest BCUT2D eigenvalue weighted by molar-refractivity contribution is -0.138. The molecule has 5 heteroatoms. The van der Waals surface area contributed by atoms with Gasteiger partial charge in [0.1, 0.15) is 0 Å². The quantitative estimate of drug-likeness (QED) is 0.850. The lowest BCUT2D eigenvalue weighted by Gasteiger charge is -2.25. The van der Waals surface area contributed by atoms with Crippen molar-refractivity contribution < 1.29 is 24.1 Å². The van der Waals surface area contributed by atoms with E-state index in [4.69, 9.17) is 9.84 Å². The Morgan fingerprint density at radius 2 is 2.06 bits per heavy atom. The van der Waals surface area contributed by atoms with Crippen LogP contribution in [0.2, 0.25) is 0 Å². The first kappa shape index (κ1) is 13.3. The van der Waals surface area contributed by atoms with E-state index in [1.807, 2.05) is 0 Å². The monoisotopic (exact) mass is 242 g/mol. The number of rotatable bonds is 4. The summed E-state index contributed by atoms with van der Waals surface area (Å²) < 4.78 is 18.5. The van der Waals surface area contributed by atoms with Gasteiger partial charge in [-0.15, -0.1) is 0 Å². The number of carboxylic acid groups (broad SMARTS) is 1. The molecule has 1 rings (SSSR count). The van der Waals surface area contributed by atoms with E-state index in [2.05, 4.69) is 0 Å². The molecular weight excluding hydrogens is 227 g/mol. The van der Waals surface area contributed by atoms with Crippen LogP contribution in [0.15, 0.2) is 12.1 Å². The van der Waals surface area contributed by atoms with E-state index in [1.54, 1.807) is 13.8 Å². The number of carbonyl (C=O) groups is 1. The molecule has 0 aliphatic rings. The highest BCUT2D eigenvalue weighted by Gasteiger charge is 2.29. The maximum atomic E-state index is 13.6. The second kappa shape index (κ2) is 4.61. The second-order valence-electron chi connectivity index (χ2n) is 4.43. The van der Waals surface area contributed by atoms with Crippen LogP contribution < -0.4 is 4.74 Å². The summed E-state index contributed by atoms with van der Waals surface area (Å²) >= 11 is 0. The van der Waals surface area contributed by atoms with Crippen LogP contribution in [0.4, 0.5) is 4.39 Å². The summed E-state index contributed by atoms with van der Waals surface area (Å²) in [5, 5.41) is 18.0. The molecule has 17 heavy (non-hydrogen) atoms. The fourth-order valence-corrected chi connectivity index (χ4v) is 1.75. The maximum Gasteiger partial charge on any atom is 0.304 e. The molecule has 1 aromatic rings. The number of phenolic OH excluding ortho intramolecular Hbond substituents is 1. The van der Waals surface area contributed by atoms with E-state index < -0.39 is 23.0 Å². The summed E-state index contributed by atoms with van der Waals surface area (Å²) in [4.78, 5) is 10.8. The molecule has 0 fully saturated rings. The summed E-state index contributed by atoms with van der Waals surface area (Å²) in [5.41, 5.74) is -0.371. The third kappa shape index (κ3) is 2.67. The normalized spacial score (nSPS) is 11.3. The number of methoxy groups -OCH3 is 1. The molecule has 0 aliphatic heterocycles. The van der Waals surface area contributed by atoms with E-state index >= 15 is 0 Å². The first-order chi connectivity index (χ1) is 7.79. The van der Waals surface area contributed by atoms with Gasteiger partial charge in [-0.1, -0.05) is 19.9 Å². The van der Waals surface area contributed by atoms with Gasteiger partial charge in [-0.3, -0.25) is 4.79 Å². The van der Waals surface area contributed by atoms with Crippen molar-refractivity contribution in [2.75, 3.05) is 7.11 Å². The number of benzene rings is 1. The van der Waals surface area contributed by atoms with Gasteiger partial charge in [-0.25, -0.2) is 0 Å². The Bertz CT molecular complexity index is 440. The number of hydrogen-bond acceptors (Lipinski definition) is 3. The number of hydrogen-bond donors (Lipinski definition) is 2. The summed E-state index contributed by atoms with van der Waals surface area (Å²) in [6.07, 6.45) is -0.159. The lowest BCUT2D eigenvalue weighted by atomic mass is 9.81. The van der Waals surface area contributed by atoms with E-state index in [9.17, 15) is 14.3 Å². The van der Waals surface area contributed by atoms with Gasteiger partial charge in [-0.2, -0.15) is 4.39 Å². The van der Waals surface area contributed by atoms with Crippen LogP contribution in [0.5, 0.6) is 11.5 Å². The average molecular weight is 242 g/mol. The predicted octanol–water partition coefficient (Wildman–Crippen LogP) is 2.29. The van der Waals surface area contributed by atoms with Crippen molar-refractivity contribution in [2.45, 2.75) is 25.7 Å². The summed E-state index contributed by atoms with van der Waals surface area (Å²) in [7, 11) is 1.28. The van der Waals surface area contributed by atoms with E-state index in [0.717, 1.165) is 0 Å². The minimum atomic E-state index is -0.981. The molecule has 0 amide bonds. The number of carboxylic acids is 1. The Kier molecular flexibility index (Phi) is 3.60. The zero-order valence-electron chi connectivity index (χ0n) is 9.95. The number of ether oxygens (including phenoxy) is 1. The molecule has 4 nitrogen and oxygen atoms in total. The lowest BCUT2D eigenvalue weighted by Crippen LogP contribution is -2.22. The minimum absolute atomic E-state index is 0.115. The third-order valence-corrected chi connectivity index (χ3v) is 2.60. The van der Waals surface area contributed by atoms with Crippen LogP contribution in [-0.4, -0.2) is 23.3 Å². The summed E-state index contributed by atoms with van der Waals surface area (Å²) in [5.74, 6) is -2.48. The van der Waals surface area contributed by atoms with Gasteiger partial charge in [0.25, 0.3) is 0 Å². The van der Waals surface area contributed by atoms with Crippen molar-refractivity contribution in [1.29, 1.82) is 0 Å². The van der Waals surface area contributed by atoms with E-state index in [0.29, 0.717) is 5.56 Å². The molecule has 0 spiro atoms. The van der Waals surface area contributed by atoms with Crippen LogP contribution in [0.1, 0.15) is 25.8 Å². The summed E-state index contributed by atoms with van der Waals surface area (Å²) in [6, 6.07) is 2.66. The largest absolute Gasteiger partial charge is 0.505 e. The molecule has 0 radical (unpaired) electrons. The highest BCUT2D eigenvalue weighted by atomic mass is 19.1. The van der Waals surface area contributed by atoms with Crippen molar-refractivity contribution in [3.05, 3.63) is 23.5 Å². The van der Waals surface area contributed by atoms with Gasteiger partial charge in [-0.05, 0) is 6.07 Å². The van der Waals surface area contributed by atoms with Gasteiger partial charge in [0.05, 0.1) is 13.5 Å². The van der Waals surface area contributed by atoms with Crippen LogP contribution in [0.3, 0.4) is 0 Å². The Hall–Kier alpha value is -1.78. The molecule has 0 saturated heterocycles. The zero-order valence-corrected chi connectivity index (χ0v) is 9.95. The highest BCUT2D eigenvalue weighted by Crippen LogP contribution is 2.38. The van der Waals surface area contributed by atoms with Crippen molar-refractivity contribution in [3.8, 4) is 11.5 Å². The van der Waals surface area contributed by atoms with E-state index in [1.165, 1.54) is 19.2 Å². The number of aliphatic carboxylic acids is 1. The van der Waals surface area contributed by atoms with Gasteiger partial charge in [0.15, 0.2) is 11.5 Å². The molecule has 0 atom stereocenters. The van der Waals surface area contributed by atoms with Crippen molar-refractivity contribution in [2.24, 2.45) is 0 Å². The standard InChI is InChI=1S/C12H15FO4/c1-12(2,6-9(15)16)7-4-5-8(14)10(13)11(7)17-3/h4-5,14H,6H2,1-3H3,(H,15,16). The van der Waals surface area contributed by atoms with Gasteiger partial charge in [0.2, 0.25) is 5.82 Å².